The second-order valence-corrected chi connectivity index (χ2v) is 22.0. The molecule has 2 aromatic heterocycles. The van der Waals surface area contributed by atoms with Crippen molar-refractivity contribution >= 4 is 181 Å². The molecule has 72 heavy (non-hydrogen) atoms. The van der Waals surface area contributed by atoms with Crippen LogP contribution in [0, 0.1) is 198 Å². The fourth-order valence-electron chi connectivity index (χ4n) is 4.49. The molecule has 4 aromatic carbocycles. The van der Waals surface area contributed by atoms with Gasteiger partial charge in [0, 0.05) is 55.4 Å². The summed E-state index contributed by atoms with van der Waals surface area (Å²) in [5.41, 5.74) is 3.73. The second-order valence-electron chi connectivity index (χ2n) is 13.4. The first kappa shape index (κ1) is 69.0. The van der Waals surface area contributed by atoms with Crippen LogP contribution in [0.2, 0.25) is 0 Å². The van der Waals surface area contributed by atoms with Crippen molar-refractivity contribution in [1.82, 2.24) is 0 Å². The maximum absolute atomic E-state index is 12.6. The Balaban J connectivity index is 0.000000432. The summed E-state index contributed by atoms with van der Waals surface area (Å²) < 4.78 is 202. The third-order valence-corrected chi connectivity index (χ3v) is 21.4. The van der Waals surface area contributed by atoms with E-state index in [2.05, 4.69) is 0 Å². The summed E-state index contributed by atoms with van der Waals surface area (Å²) >= 11 is 11.3. The normalized spacial score (nSPS) is 10.4. The Hall–Kier alpha value is -1.04. The van der Waals surface area contributed by atoms with E-state index in [1.807, 2.05) is 0 Å². The zero-order chi connectivity index (χ0) is 56.8. The maximum Gasteiger partial charge on any atom is 0.258 e. The van der Waals surface area contributed by atoms with Gasteiger partial charge in [-0.15, -0.1) is 0 Å². The van der Waals surface area contributed by atoms with Crippen LogP contribution in [0.25, 0.3) is 0 Å². The molecule has 0 saturated heterocycles. The van der Waals surface area contributed by atoms with Gasteiger partial charge in [0.2, 0.25) is 0 Å². The number of rotatable bonds is 0. The maximum atomic E-state index is 12.6. The third-order valence-electron chi connectivity index (χ3n) is 9.16. The van der Waals surface area contributed by atoms with Crippen LogP contribution >= 0.6 is 181 Å². The Kier molecular flexibility index (Phi) is 27.9. The molecule has 2 heterocycles. The van der Waals surface area contributed by atoms with E-state index in [0.29, 0.717) is 45.6 Å². The van der Waals surface area contributed by atoms with E-state index in [1.54, 1.807) is 55.4 Å². The van der Waals surface area contributed by atoms with Crippen molar-refractivity contribution in [3.8, 4) is 0 Å². The molecule has 0 fully saturated rings. The quantitative estimate of drug-likeness (QED) is 0.0377. The molecule has 32 heteroatoms. The highest BCUT2D eigenvalue weighted by molar-refractivity contribution is 14.1. The minimum absolute atomic E-state index is 0.246. The van der Waals surface area contributed by atoms with Crippen molar-refractivity contribution in [3.63, 3.8) is 0 Å². The van der Waals surface area contributed by atoms with Crippen molar-refractivity contribution in [2.24, 2.45) is 0 Å². The number of hydrogen-bond donors (Lipinski definition) is 0. The molecule has 0 aliphatic carbocycles. The van der Waals surface area contributed by atoms with Crippen LogP contribution in [-0.4, -0.2) is 0 Å². The number of aromatic nitrogens is 4. The number of hydrogen-bond acceptors (Lipinski definition) is 4. The van der Waals surface area contributed by atoms with Crippen molar-refractivity contribution < 1.29 is 89.2 Å². The van der Waals surface area contributed by atoms with Crippen molar-refractivity contribution in [2.45, 2.75) is 55.4 Å². The number of nitrogens with zero attached hydrogens (tertiary/aromatic N) is 4. The van der Waals surface area contributed by atoms with Crippen LogP contribution in [0.1, 0.15) is 45.6 Å². The minimum atomic E-state index is -1.77. The lowest BCUT2D eigenvalue weighted by atomic mass is 10.3. The van der Waals surface area contributed by atoms with Crippen LogP contribution in [0.5, 0.6) is 0 Å². The Morgan fingerprint density at radius 1 is 0.194 bits per heavy atom. The van der Waals surface area contributed by atoms with Gasteiger partial charge >= 0.3 is 0 Å². The van der Waals surface area contributed by atoms with Gasteiger partial charge in [-0.1, -0.05) is 0 Å². The van der Waals surface area contributed by atoms with Gasteiger partial charge in [0.05, 0.1) is 28.6 Å². The van der Waals surface area contributed by atoms with E-state index in [0.717, 1.165) is 18.9 Å². The fourth-order valence-corrected chi connectivity index (χ4v) is 8.28. The monoisotopic (exact) mass is 1940 g/mol. The summed E-state index contributed by atoms with van der Waals surface area (Å²) in [6.07, 6.45) is 0. The average molecular weight is 1940 g/mol. The largest absolute Gasteiger partial charge is 0.618 e. The molecule has 0 atom stereocenters. The molecule has 0 bridgehead atoms. The van der Waals surface area contributed by atoms with Gasteiger partial charge in [-0.05, 0) is 181 Å². The first-order chi connectivity index (χ1) is 32.8. The summed E-state index contributed by atoms with van der Waals surface area (Å²) in [7, 11) is 0. The van der Waals surface area contributed by atoms with E-state index in [-0.39, 0.29) is 28.6 Å². The summed E-state index contributed by atoms with van der Waals surface area (Å²) in [5.74, 6) is -24.9. The molecule has 0 radical (unpaired) electrons. The van der Waals surface area contributed by atoms with Crippen LogP contribution in [0.3, 0.4) is 0 Å². The lowest BCUT2D eigenvalue weighted by Crippen LogP contribution is -2.47. The highest BCUT2D eigenvalue weighted by Gasteiger charge is 2.26. The van der Waals surface area contributed by atoms with Crippen molar-refractivity contribution in [2.75, 3.05) is 0 Å². The molecule has 396 valence electrons. The molecule has 0 aliphatic heterocycles. The average Bonchev–Trinajstić information content (AvgIpc) is 3.37. The van der Waals surface area contributed by atoms with Gasteiger partial charge in [-0.25, -0.2) is 70.2 Å². The Morgan fingerprint density at radius 2 is 0.264 bits per heavy atom. The smallest absolute Gasteiger partial charge is 0.258 e. The fraction of sp³-hybridized carbons (Fsp3) is 0.200. The molecule has 6 aromatic rings. The molecular formula is C40H24F16I8N4O4. The topological polar surface area (TPSA) is 108 Å². The van der Waals surface area contributed by atoms with Gasteiger partial charge in [0.25, 0.3) is 45.6 Å². The molecule has 0 amide bonds. The highest BCUT2D eigenvalue weighted by Crippen LogP contribution is 2.29. The van der Waals surface area contributed by atoms with Crippen molar-refractivity contribution in [3.05, 3.63) is 188 Å². The summed E-state index contributed by atoms with van der Waals surface area (Å²) in [4.78, 5) is 0. The van der Waals surface area contributed by atoms with E-state index < -0.39 is 93.1 Å². The molecule has 0 spiro atoms. The molecule has 0 aliphatic rings. The number of benzene rings is 4. The first-order valence-corrected chi connectivity index (χ1v) is 26.7. The molecule has 0 unspecified atom stereocenters. The lowest BCUT2D eigenvalue weighted by Gasteiger charge is -2.09. The minimum Gasteiger partial charge on any atom is -0.618 e. The summed E-state index contributed by atoms with van der Waals surface area (Å²) in [5, 5.41) is 45.3. The standard InChI is InChI=1S/2C8H12N2O2.4C6F4I2/c2*1-5-6(2)10(12)8(4)7(3)9(5)11;4*7-1-2(8)4(10)6(12)5(11)3(1)9/h2*1-4H3;;;;. The summed E-state index contributed by atoms with van der Waals surface area (Å²) in [6, 6.07) is 0. The van der Waals surface area contributed by atoms with Crippen LogP contribution in [-0.2, 0) is 0 Å². The Morgan fingerprint density at radius 3 is 0.333 bits per heavy atom. The Bertz CT molecular complexity index is 1940. The van der Waals surface area contributed by atoms with Gasteiger partial charge in [-0.3, -0.25) is 0 Å². The predicted octanol–water partition coefficient (Wildman–Crippen LogP) is 14.2. The van der Waals surface area contributed by atoms with Gasteiger partial charge in [0.15, 0.2) is 93.1 Å². The zero-order valence-corrected chi connectivity index (χ0v) is 53.8. The molecule has 0 saturated carbocycles. The van der Waals surface area contributed by atoms with E-state index in [4.69, 9.17) is 0 Å². The summed E-state index contributed by atoms with van der Waals surface area (Å²) in [6.45, 7) is 13.1. The predicted molar refractivity (Wildman–Crippen MR) is 293 cm³/mol. The lowest BCUT2D eigenvalue weighted by molar-refractivity contribution is -0.682. The Labute approximate surface area is 506 Å². The molecular weight excluding hydrogens is 1920 g/mol. The third kappa shape index (κ3) is 15.6. The van der Waals surface area contributed by atoms with Gasteiger partial charge in [-0.2, -0.15) is 18.9 Å². The van der Waals surface area contributed by atoms with Crippen LogP contribution < -0.4 is 18.9 Å². The SMILES string of the molecule is Cc1c(C)[n+]([O-])c(C)c(C)[n+]1[O-].Cc1c(C)[n+]([O-])c(C)c(C)[n+]1[O-].Fc1c(F)c(F)c(I)c(I)c1F.Fc1c(F)c(F)c(I)c(I)c1F.Fc1c(F)c(F)c(I)c(I)c1F.Fc1c(F)c(F)c(I)c(I)c1F. The first-order valence-electron chi connectivity index (χ1n) is 18.1. The van der Waals surface area contributed by atoms with Crippen LogP contribution in [0.4, 0.5) is 70.2 Å². The van der Waals surface area contributed by atoms with E-state index in [9.17, 15) is 91.1 Å². The van der Waals surface area contributed by atoms with Crippen molar-refractivity contribution in [1.29, 1.82) is 0 Å². The van der Waals surface area contributed by atoms with E-state index >= 15 is 0 Å². The van der Waals surface area contributed by atoms with Gasteiger partial charge in [0.1, 0.15) is 0 Å². The zero-order valence-electron chi connectivity index (χ0n) is 36.5. The van der Waals surface area contributed by atoms with E-state index in [1.165, 1.54) is 181 Å². The second kappa shape index (κ2) is 29.1. The molecule has 8 nitrogen and oxygen atoms in total. The van der Waals surface area contributed by atoms with Crippen LogP contribution in [0.15, 0.2) is 0 Å². The molecule has 0 N–H and O–H groups in total. The van der Waals surface area contributed by atoms with Gasteiger partial charge < -0.3 is 20.8 Å². The highest BCUT2D eigenvalue weighted by atomic mass is 127. The molecule has 6 rings (SSSR count). The number of halogens is 24.